The number of nitrogens with zero attached hydrogens (tertiary/aromatic N) is 2. The molecule has 0 aromatic heterocycles. The topological polar surface area (TPSA) is 154 Å². The number of primary amides is 1. The zero-order valence-corrected chi connectivity index (χ0v) is 27.7. The van der Waals surface area contributed by atoms with E-state index in [1.165, 1.54) is 0 Å². The minimum Gasteiger partial charge on any atom is -0.444 e. The summed E-state index contributed by atoms with van der Waals surface area (Å²) in [7, 11) is 0. The van der Waals surface area contributed by atoms with Gasteiger partial charge in [0.25, 0.3) is 0 Å². The van der Waals surface area contributed by atoms with Gasteiger partial charge in [0.1, 0.15) is 17.9 Å². The molecule has 1 aromatic carbocycles. The third kappa shape index (κ3) is 10.3. The standard InChI is InChI=1S/C35H53N5O6/c1-35(2,3)46-34(45)38-27(33(44)39-20-12-18-28(39)30(36)41)17-11-6-4-5-10-16-25-22-26(25)32(43)40-21-13-19-29(40)31(42)37-23-24-14-8-7-9-15-24/h7-10,14-16,25-29,33,44H,4-6,11-13,17-23H2,1-3H3,(H2,36,41)(H,37,42)(H,38,45)/b16-10-/t25-,26+,27?,28+,29-,33?/m1/s1. The highest BCUT2D eigenvalue weighted by Gasteiger charge is 2.46. The molecule has 6 atom stereocenters. The molecule has 11 nitrogen and oxygen atoms in total. The maximum absolute atomic E-state index is 13.2. The monoisotopic (exact) mass is 639 g/mol. The second kappa shape index (κ2) is 16.4. The van der Waals surface area contributed by atoms with E-state index >= 15 is 0 Å². The van der Waals surface area contributed by atoms with Crippen molar-refractivity contribution < 1.29 is 29.0 Å². The van der Waals surface area contributed by atoms with Gasteiger partial charge >= 0.3 is 6.09 Å². The third-order valence-corrected chi connectivity index (χ3v) is 9.10. The Labute approximate surface area is 273 Å². The summed E-state index contributed by atoms with van der Waals surface area (Å²) in [6.07, 6.45) is 10.3. The number of carbonyl (C=O) groups is 4. The Bertz CT molecular complexity index is 1220. The molecule has 3 aliphatic rings. The summed E-state index contributed by atoms with van der Waals surface area (Å²) >= 11 is 0. The van der Waals surface area contributed by atoms with Crippen LogP contribution in [0, 0.1) is 11.8 Å². The number of hydrogen-bond acceptors (Lipinski definition) is 7. The van der Waals surface area contributed by atoms with E-state index in [4.69, 9.17) is 10.5 Å². The van der Waals surface area contributed by atoms with Gasteiger partial charge in [0.15, 0.2) is 0 Å². The molecule has 2 heterocycles. The molecule has 0 bridgehead atoms. The number of nitrogens with one attached hydrogen (secondary N) is 2. The van der Waals surface area contributed by atoms with Crippen LogP contribution in [-0.2, 0) is 25.7 Å². The van der Waals surface area contributed by atoms with E-state index in [9.17, 15) is 24.3 Å². The molecular weight excluding hydrogens is 586 g/mol. The van der Waals surface area contributed by atoms with Crippen LogP contribution >= 0.6 is 0 Å². The Kier molecular flexibility index (Phi) is 12.6. The van der Waals surface area contributed by atoms with Crippen LogP contribution in [0.25, 0.3) is 0 Å². The van der Waals surface area contributed by atoms with Crippen LogP contribution in [0.5, 0.6) is 0 Å². The van der Waals surface area contributed by atoms with Crippen molar-refractivity contribution in [2.24, 2.45) is 17.6 Å². The fourth-order valence-corrected chi connectivity index (χ4v) is 6.60. The Morgan fingerprint density at radius 2 is 1.76 bits per heavy atom. The zero-order valence-electron chi connectivity index (χ0n) is 27.7. The molecule has 2 saturated heterocycles. The minimum absolute atomic E-state index is 0.0465. The van der Waals surface area contributed by atoms with Crippen LogP contribution < -0.4 is 16.4 Å². The van der Waals surface area contributed by atoms with Gasteiger partial charge < -0.3 is 31.1 Å². The van der Waals surface area contributed by atoms with Crippen molar-refractivity contribution in [2.75, 3.05) is 13.1 Å². The summed E-state index contributed by atoms with van der Waals surface area (Å²) in [5.41, 5.74) is 5.93. The van der Waals surface area contributed by atoms with E-state index in [1.54, 1.807) is 30.6 Å². The lowest BCUT2D eigenvalue weighted by Gasteiger charge is -2.34. The van der Waals surface area contributed by atoms with E-state index in [0.29, 0.717) is 38.9 Å². The Hall–Kier alpha value is -3.44. The van der Waals surface area contributed by atoms with Crippen molar-refractivity contribution in [2.45, 2.75) is 121 Å². The van der Waals surface area contributed by atoms with Gasteiger partial charge in [0.05, 0.1) is 12.1 Å². The van der Waals surface area contributed by atoms with Crippen LogP contribution in [0.2, 0.25) is 0 Å². The summed E-state index contributed by atoms with van der Waals surface area (Å²) in [6, 6.07) is 8.25. The highest BCUT2D eigenvalue weighted by molar-refractivity contribution is 5.90. The fourth-order valence-electron chi connectivity index (χ4n) is 6.60. The molecule has 11 heteroatoms. The van der Waals surface area contributed by atoms with Gasteiger partial charge in [-0.05, 0) is 83.6 Å². The van der Waals surface area contributed by atoms with Gasteiger partial charge in [0, 0.05) is 25.6 Å². The van der Waals surface area contributed by atoms with Crippen molar-refractivity contribution in [1.29, 1.82) is 0 Å². The highest BCUT2D eigenvalue weighted by atomic mass is 16.6. The summed E-state index contributed by atoms with van der Waals surface area (Å²) in [4.78, 5) is 54.0. The number of carbonyl (C=O) groups excluding carboxylic acids is 4. The minimum atomic E-state index is -1.04. The number of hydrogen-bond donors (Lipinski definition) is 4. The second-order valence-electron chi connectivity index (χ2n) is 13.9. The van der Waals surface area contributed by atoms with Gasteiger partial charge in [-0.2, -0.15) is 0 Å². The van der Waals surface area contributed by atoms with E-state index in [0.717, 1.165) is 50.5 Å². The van der Waals surface area contributed by atoms with Crippen molar-refractivity contribution in [3.05, 3.63) is 48.0 Å². The third-order valence-electron chi connectivity index (χ3n) is 9.10. The smallest absolute Gasteiger partial charge is 0.408 e. The van der Waals surface area contributed by atoms with Gasteiger partial charge in [0.2, 0.25) is 17.7 Å². The molecule has 1 aromatic rings. The number of aliphatic hydroxyl groups is 1. The van der Waals surface area contributed by atoms with E-state index < -0.39 is 35.9 Å². The Morgan fingerprint density at radius 3 is 2.48 bits per heavy atom. The van der Waals surface area contributed by atoms with Gasteiger partial charge in [-0.25, -0.2) is 4.79 Å². The SMILES string of the molecule is CC(C)(C)OC(=O)NC(CCCCC/C=C\[C@@H]1C[C@@H]1C(=O)N1CCC[C@@H]1C(=O)NCc1ccccc1)C(O)N1CCC[C@H]1C(N)=O. The average molecular weight is 640 g/mol. The number of nitrogens with two attached hydrogens (primary N) is 1. The van der Waals surface area contributed by atoms with E-state index in [2.05, 4.69) is 22.8 Å². The molecule has 0 spiro atoms. The number of aliphatic hydroxyl groups excluding tert-OH is 1. The molecule has 3 fully saturated rings. The zero-order chi connectivity index (χ0) is 33.3. The van der Waals surface area contributed by atoms with Crippen LogP contribution in [0.3, 0.4) is 0 Å². The van der Waals surface area contributed by atoms with Crippen LogP contribution in [0.4, 0.5) is 4.79 Å². The largest absolute Gasteiger partial charge is 0.444 e. The predicted molar refractivity (Wildman–Crippen MR) is 175 cm³/mol. The molecule has 1 saturated carbocycles. The Morgan fingerprint density at radius 1 is 1.04 bits per heavy atom. The molecule has 4 rings (SSSR count). The van der Waals surface area contributed by atoms with Crippen LogP contribution in [-0.4, -0.2) is 81.8 Å². The van der Waals surface area contributed by atoms with Crippen molar-refractivity contribution >= 4 is 23.8 Å². The molecule has 46 heavy (non-hydrogen) atoms. The number of amides is 4. The molecule has 2 unspecified atom stereocenters. The summed E-state index contributed by atoms with van der Waals surface area (Å²) in [5.74, 6) is -0.284. The lowest BCUT2D eigenvalue weighted by Crippen LogP contribution is -2.56. The lowest BCUT2D eigenvalue weighted by atomic mass is 10.0. The first-order valence-corrected chi connectivity index (χ1v) is 17.0. The average Bonchev–Trinajstić information content (AvgIpc) is 3.37. The van der Waals surface area contributed by atoms with Gasteiger partial charge in [-0.3, -0.25) is 19.3 Å². The molecule has 254 valence electrons. The van der Waals surface area contributed by atoms with Crippen LogP contribution in [0.15, 0.2) is 42.5 Å². The molecule has 4 amide bonds. The molecule has 1 aliphatic carbocycles. The maximum Gasteiger partial charge on any atom is 0.408 e. The van der Waals surface area contributed by atoms with E-state index in [-0.39, 0.29) is 29.7 Å². The number of benzene rings is 1. The lowest BCUT2D eigenvalue weighted by molar-refractivity contribution is -0.139. The predicted octanol–water partition coefficient (Wildman–Crippen LogP) is 3.60. The second-order valence-corrected chi connectivity index (χ2v) is 13.9. The summed E-state index contributed by atoms with van der Waals surface area (Å²) in [5, 5.41) is 17.0. The van der Waals surface area contributed by atoms with E-state index in [1.807, 2.05) is 30.3 Å². The molecule has 0 radical (unpaired) electrons. The van der Waals surface area contributed by atoms with Crippen molar-refractivity contribution in [3.8, 4) is 0 Å². The molecular formula is C35H53N5O6. The number of rotatable bonds is 15. The van der Waals surface area contributed by atoms with Crippen LogP contribution in [0.1, 0.15) is 90.5 Å². The first kappa shape index (κ1) is 35.4. The van der Waals surface area contributed by atoms with Gasteiger partial charge in [-0.15, -0.1) is 0 Å². The quantitative estimate of drug-likeness (QED) is 0.169. The number of alkyl carbamates (subject to hydrolysis) is 1. The normalized spacial score (nSPS) is 24.5. The first-order valence-electron chi connectivity index (χ1n) is 17.0. The highest BCUT2D eigenvalue weighted by Crippen LogP contribution is 2.42. The Balaban J connectivity index is 1.18. The number of likely N-dealkylation sites (tertiary alicyclic amines) is 2. The molecule has 2 aliphatic heterocycles. The summed E-state index contributed by atoms with van der Waals surface area (Å²) in [6.45, 7) is 6.98. The maximum atomic E-state index is 13.2. The number of unbranched alkanes of at least 4 members (excludes halogenated alkanes) is 3. The first-order chi connectivity index (χ1) is 21.9. The fraction of sp³-hybridized carbons (Fsp3) is 0.657. The number of ether oxygens (including phenoxy) is 1. The van der Waals surface area contributed by atoms with Crippen molar-refractivity contribution in [3.63, 3.8) is 0 Å². The van der Waals surface area contributed by atoms with Gasteiger partial charge in [-0.1, -0.05) is 55.3 Å². The summed E-state index contributed by atoms with van der Waals surface area (Å²) < 4.78 is 5.42. The van der Waals surface area contributed by atoms with Crippen molar-refractivity contribution in [1.82, 2.24) is 20.4 Å². The number of allylic oxidation sites excluding steroid dienone is 2. The molecule has 5 N–H and O–H groups in total.